The lowest BCUT2D eigenvalue weighted by atomic mass is 10.3. The Morgan fingerprint density at radius 2 is 1.90 bits per heavy atom. The fourth-order valence-corrected chi connectivity index (χ4v) is 2.04. The predicted octanol–water partition coefficient (Wildman–Crippen LogP) is 1.06. The average molecular weight is 287 g/mol. The lowest BCUT2D eigenvalue weighted by Crippen LogP contribution is -2.16. The van der Waals surface area contributed by atoms with Crippen molar-refractivity contribution in [1.82, 2.24) is 14.8 Å². The predicted molar refractivity (Wildman–Crippen MR) is 73.2 cm³/mol. The van der Waals surface area contributed by atoms with Gasteiger partial charge in [-0.15, -0.1) is 0 Å². The molecule has 2 aromatic heterocycles. The van der Waals surface area contributed by atoms with Crippen molar-refractivity contribution in [1.29, 1.82) is 0 Å². The largest absolute Gasteiger partial charge is 0.511 e. The van der Waals surface area contributed by atoms with Crippen LogP contribution >= 0.6 is 0 Å². The zero-order valence-electron chi connectivity index (χ0n) is 10.5. The van der Waals surface area contributed by atoms with Gasteiger partial charge in [-0.25, -0.2) is 9.48 Å². The summed E-state index contributed by atoms with van der Waals surface area (Å²) in [5.74, 6) is -0.308. The maximum Gasteiger partial charge on any atom is 0.511 e. The summed E-state index contributed by atoms with van der Waals surface area (Å²) in [6.07, 6.45) is -1.60. The van der Waals surface area contributed by atoms with Crippen LogP contribution in [-0.4, -0.2) is 26.0 Å². The molecule has 0 aliphatic heterocycles. The lowest BCUT2D eigenvalue weighted by Gasteiger charge is -1.99. The van der Waals surface area contributed by atoms with Crippen molar-refractivity contribution in [3.8, 4) is 11.4 Å². The first-order valence-electron chi connectivity index (χ1n) is 5.90. The van der Waals surface area contributed by atoms with Gasteiger partial charge in [0.2, 0.25) is 0 Å². The van der Waals surface area contributed by atoms with Crippen molar-refractivity contribution in [2.24, 2.45) is 0 Å². The SMILES string of the molecule is O=C(O)Oc1cc(=O)[nH]c2[nH]n(-c3ccccc3)c(=O)c12. The first-order chi connectivity index (χ1) is 10.1. The second-order valence-electron chi connectivity index (χ2n) is 4.20. The summed E-state index contributed by atoms with van der Waals surface area (Å²) in [6.45, 7) is 0. The van der Waals surface area contributed by atoms with Crippen LogP contribution in [0.3, 0.4) is 0 Å². The summed E-state index contributed by atoms with van der Waals surface area (Å²) < 4.78 is 5.69. The highest BCUT2D eigenvalue weighted by atomic mass is 16.7. The molecule has 8 nitrogen and oxygen atoms in total. The number of benzene rings is 1. The van der Waals surface area contributed by atoms with Crippen LogP contribution in [-0.2, 0) is 0 Å². The smallest absolute Gasteiger partial charge is 0.449 e. The van der Waals surface area contributed by atoms with E-state index in [4.69, 9.17) is 5.11 Å². The van der Waals surface area contributed by atoms with E-state index in [9.17, 15) is 14.4 Å². The van der Waals surface area contributed by atoms with E-state index in [1.165, 1.54) is 4.68 Å². The van der Waals surface area contributed by atoms with Crippen molar-refractivity contribution in [3.05, 3.63) is 57.1 Å². The number of nitrogens with one attached hydrogen (secondary N) is 2. The molecule has 21 heavy (non-hydrogen) atoms. The van der Waals surface area contributed by atoms with Crippen LogP contribution in [0.4, 0.5) is 4.79 Å². The number of hydrogen-bond acceptors (Lipinski definition) is 4. The van der Waals surface area contributed by atoms with Crippen LogP contribution in [0.2, 0.25) is 0 Å². The normalized spacial score (nSPS) is 10.7. The minimum Gasteiger partial charge on any atom is -0.449 e. The molecular formula is C13H9N3O5. The Hall–Kier alpha value is -3.29. The van der Waals surface area contributed by atoms with Gasteiger partial charge in [-0.2, -0.15) is 0 Å². The molecule has 3 rings (SSSR count). The monoisotopic (exact) mass is 287 g/mol. The van der Waals surface area contributed by atoms with E-state index in [0.717, 1.165) is 6.07 Å². The standard InChI is InChI=1S/C13H9N3O5/c17-9-6-8(21-13(19)20)10-11(14-9)15-16(12(10)18)7-4-2-1-3-5-7/h1-6H,(H,19,20)(H2,14,15,17). The molecule has 0 aliphatic carbocycles. The number of para-hydroxylation sites is 1. The van der Waals surface area contributed by atoms with Gasteiger partial charge in [-0.3, -0.25) is 14.7 Å². The Labute approximate surface area is 116 Å². The van der Waals surface area contributed by atoms with Gasteiger partial charge in [0, 0.05) is 6.07 Å². The van der Waals surface area contributed by atoms with Gasteiger partial charge in [-0.1, -0.05) is 18.2 Å². The number of carboxylic acid groups (broad SMARTS) is 1. The minimum absolute atomic E-state index is 0.0409. The summed E-state index contributed by atoms with van der Waals surface area (Å²) >= 11 is 0. The zero-order chi connectivity index (χ0) is 15.0. The van der Waals surface area contributed by atoms with Crippen LogP contribution in [0.15, 0.2) is 46.0 Å². The van der Waals surface area contributed by atoms with Crippen molar-refractivity contribution in [2.75, 3.05) is 0 Å². The van der Waals surface area contributed by atoms with Crippen molar-refractivity contribution in [2.45, 2.75) is 0 Å². The van der Waals surface area contributed by atoms with E-state index < -0.39 is 17.3 Å². The summed E-state index contributed by atoms with van der Waals surface area (Å²) in [5.41, 5.74) is -0.475. The van der Waals surface area contributed by atoms with Crippen molar-refractivity contribution >= 4 is 17.2 Å². The third-order valence-corrected chi connectivity index (χ3v) is 2.86. The Bertz CT molecular complexity index is 936. The first kappa shape index (κ1) is 12.7. The summed E-state index contributed by atoms with van der Waals surface area (Å²) in [7, 11) is 0. The van der Waals surface area contributed by atoms with E-state index in [-0.39, 0.29) is 16.8 Å². The van der Waals surface area contributed by atoms with Crippen LogP contribution in [0.25, 0.3) is 16.7 Å². The molecule has 8 heteroatoms. The number of pyridine rings is 1. The number of nitrogens with zero attached hydrogens (tertiary/aromatic N) is 1. The van der Waals surface area contributed by atoms with Crippen LogP contribution in [0, 0.1) is 0 Å². The molecular weight excluding hydrogens is 278 g/mol. The van der Waals surface area contributed by atoms with Gasteiger partial charge in [0.05, 0.1) is 5.69 Å². The topological polar surface area (TPSA) is 117 Å². The molecule has 0 radical (unpaired) electrons. The fourth-order valence-electron chi connectivity index (χ4n) is 2.04. The molecule has 0 aliphatic rings. The molecule has 2 heterocycles. The number of H-pyrrole nitrogens is 2. The lowest BCUT2D eigenvalue weighted by molar-refractivity contribution is 0.145. The molecule has 0 bridgehead atoms. The minimum atomic E-state index is -1.60. The molecule has 106 valence electrons. The Morgan fingerprint density at radius 1 is 1.19 bits per heavy atom. The summed E-state index contributed by atoms with van der Waals surface area (Å²) in [5, 5.41) is 11.3. The fraction of sp³-hybridized carbons (Fsp3) is 0. The van der Waals surface area contributed by atoms with Crippen molar-refractivity contribution < 1.29 is 14.6 Å². The quantitative estimate of drug-likeness (QED) is 0.609. The second kappa shape index (κ2) is 4.67. The molecule has 0 fully saturated rings. The average Bonchev–Trinajstić information content (AvgIpc) is 2.76. The highest BCUT2D eigenvalue weighted by molar-refractivity contribution is 5.83. The zero-order valence-corrected chi connectivity index (χ0v) is 10.5. The molecule has 0 saturated heterocycles. The van der Waals surface area contributed by atoms with Crippen LogP contribution in [0.5, 0.6) is 5.75 Å². The first-order valence-corrected chi connectivity index (χ1v) is 5.90. The maximum absolute atomic E-state index is 12.4. The maximum atomic E-state index is 12.4. The Balaban J connectivity index is 2.32. The number of aromatic nitrogens is 3. The molecule has 0 amide bonds. The second-order valence-corrected chi connectivity index (χ2v) is 4.20. The van der Waals surface area contributed by atoms with E-state index in [1.54, 1.807) is 30.3 Å². The van der Waals surface area contributed by atoms with Crippen LogP contribution < -0.4 is 15.9 Å². The van der Waals surface area contributed by atoms with Gasteiger partial charge in [0.15, 0.2) is 5.75 Å². The van der Waals surface area contributed by atoms with E-state index in [1.807, 2.05) is 0 Å². The van der Waals surface area contributed by atoms with Gasteiger partial charge in [0.25, 0.3) is 11.1 Å². The van der Waals surface area contributed by atoms with Crippen molar-refractivity contribution in [3.63, 3.8) is 0 Å². The molecule has 0 spiro atoms. The third-order valence-electron chi connectivity index (χ3n) is 2.86. The van der Waals surface area contributed by atoms with Gasteiger partial charge in [-0.05, 0) is 12.1 Å². The number of carbonyl (C=O) groups is 1. The highest BCUT2D eigenvalue weighted by Crippen LogP contribution is 2.18. The molecule has 3 aromatic rings. The van der Waals surface area contributed by atoms with Gasteiger partial charge in [0.1, 0.15) is 11.0 Å². The molecule has 0 saturated carbocycles. The molecule has 0 atom stereocenters. The third kappa shape index (κ3) is 2.18. The highest BCUT2D eigenvalue weighted by Gasteiger charge is 2.16. The number of fused-ring (bicyclic) bond motifs is 1. The Morgan fingerprint density at radius 3 is 2.57 bits per heavy atom. The van der Waals surface area contributed by atoms with Gasteiger partial charge >= 0.3 is 6.16 Å². The molecule has 1 aromatic carbocycles. The number of rotatable bonds is 2. The summed E-state index contributed by atoms with van der Waals surface area (Å²) in [4.78, 5) is 37.0. The van der Waals surface area contributed by atoms with Crippen LogP contribution in [0.1, 0.15) is 0 Å². The van der Waals surface area contributed by atoms with E-state index >= 15 is 0 Å². The summed E-state index contributed by atoms with van der Waals surface area (Å²) in [6, 6.07) is 9.56. The van der Waals surface area contributed by atoms with E-state index in [2.05, 4.69) is 14.8 Å². The number of hydrogen-bond donors (Lipinski definition) is 3. The van der Waals surface area contributed by atoms with Gasteiger partial charge < -0.3 is 14.8 Å². The molecule has 0 unspecified atom stereocenters. The Kier molecular flexibility index (Phi) is 2.83. The molecule has 3 N–H and O–H groups in total. The number of aromatic amines is 2. The van der Waals surface area contributed by atoms with E-state index in [0.29, 0.717) is 5.69 Å². The number of ether oxygens (including phenoxy) is 1.